The highest BCUT2D eigenvalue weighted by Crippen LogP contribution is 2.31. The number of rotatable bonds is 6. The van der Waals surface area contributed by atoms with Crippen LogP contribution in [0.3, 0.4) is 0 Å². The van der Waals surface area contributed by atoms with E-state index in [1.165, 1.54) is 14.2 Å². The monoisotopic (exact) mass is 378 g/mol. The molecule has 2 aromatic rings. The normalized spacial score (nSPS) is 10.0. The van der Waals surface area contributed by atoms with Gasteiger partial charge in [0.05, 0.1) is 14.2 Å². The third kappa shape index (κ3) is 3.90. The molecule has 0 atom stereocenters. The summed E-state index contributed by atoms with van der Waals surface area (Å²) in [4.78, 5) is 24.3. The molecule has 23 heavy (non-hydrogen) atoms. The molecule has 0 saturated heterocycles. The first kappa shape index (κ1) is 17.0. The third-order valence-corrected chi connectivity index (χ3v) is 3.82. The number of halogens is 1. The summed E-state index contributed by atoms with van der Waals surface area (Å²) >= 11 is 3.29. The fraction of sp³-hybridized carbons (Fsp3) is 0.176. The number of hydrogen-bond donors (Lipinski definition) is 0. The number of carbonyl (C=O) groups excluding carboxylic acids is 2. The topological polar surface area (TPSA) is 61.8 Å². The Morgan fingerprint density at radius 3 is 2.30 bits per heavy atom. The van der Waals surface area contributed by atoms with Gasteiger partial charge in [0.15, 0.2) is 18.1 Å². The van der Waals surface area contributed by atoms with E-state index >= 15 is 0 Å². The van der Waals surface area contributed by atoms with Crippen LogP contribution in [0.4, 0.5) is 0 Å². The molecule has 0 N–H and O–H groups in total. The minimum absolute atomic E-state index is 0.201. The number of benzene rings is 2. The average Bonchev–Trinajstić information content (AvgIpc) is 2.58. The number of esters is 1. The average molecular weight is 379 g/mol. The van der Waals surface area contributed by atoms with E-state index in [-0.39, 0.29) is 23.7 Å². The largest absolute Gasteiger partial charge is 0.493 e. The van der Waals surface area contributed by atoms with E-state index in [4.69, 9.17) is 14.2 Å². The summed E-state index contributed by atoms with van der Waals surface area (Å²) in [6.45, 7) is -0.359. The first-order valence-corrected chi connectivity index (χ1v) is 7.53. The highest BCUT2D eigenvalue weighted by molar-refractivity contribution is 9.10. The van der Waals surface area contributed by atoms with Crippen LogP contribution in [0.1, 0.15) is 20.7 Å². The maximum atomic E-state index is 12.2. The van der Waals surface area contributed by atoms with E-state index < -0.39 is 5.97 Å². The van der Waals surface area contributed by atoms with Crippen molar-refractivity contribution in [3.63, 3.8) is 0 Å². The molecule has 0 heterocycles. The number of ketones is 1. The molecular formula is C17H15BrO5. The Balaban J connectivity index is 2.12. The number of carbonyl (C=O) groups is 2. The first-order valence-electron chi connectivity index (χ1n) is 6.74. The molecule has 0 radical (unpaired) electrons. The van der Waals surface area contributed by atoms with Crippen LogP contribution >= 0.6 is 15.9 Å². The van der Waals surface area contributed by atoms with Gasteiger partial charge in [-0.1, -0.05) is 40.2 Å². The van der Waals surface area contributed by atoms with Gasteiger partial charge in [-0.3, -0.25) is 4.79 Å². The van der Waals surface area contributed by atoms with Crippen molar-refractivity contribution in [2.45, 2.75) is 0 Å². The summed E-state index contributed by atoms with van der Waals surface area (Å²) < 4.78 is 16.1. The second-order valence-corrected chi connectivity index (χ2v) is 5.37. The fourth-order valence-corrected chi connectivity index (χ4v) is 2.53. The first-order chi connectivity index (χ1) is 11.1. The highest BCUT2D eigenvalue weighted by atomic mass is 79.9. The zero-order valence-corrected chi connectivity index (χ0v) is 14.3. The van der Waals surface area contributed by atoms with Gasteiger partial charge in [0, 0.05) is 10.0 Å². The fourth-order valence-electron chi connectivity index (χ4n) is 2.02. The van der Waals surface area contributed by atoms with Gasteiger partial charge in [0.2, 0.25) is 5.78 Å². The van der Waals surface area contributed by atoms with Crippen molar-refractivity contribution in [3.8, 4) is 11.5 Å². The van der Waals surface area contributed by atoms with Gasteiger partial charge in [-0.05, 0) is 18.2 Å². The smallest absolute Gasteiger partial charge is 0.342 e. The number of hydrogen-bond acceptors (Lipinski definition) is 5. The molecule has 0 aliphatic rings. The summed E-state index contributed by atoms with van der Waals surface area (Å²) in [6.07, 6.45) is 0. The van der Waals surface area contributed by atoms with E-state index in [2.05, 4.69) is 15.9 Å². The molecule has 120 valence electrons. The second kappa shape index (κ2) is 7.78. The van der Waals surface area contributed by atoms with E-state index in [9.17, 15) is 9.59 Å². The lowest BCUT2D eigenvalue weighted by molar-refractivity contribution is 0.0471. The molecule has 0 aliphatic heterocycles. The van der Waals surface area contributed by atoms with Crippen molar-refractivity contribution in [2.24, 2.45) is 0 Å². The summed E-state index contributed by atoms with van der Waals surface area (Å²) in [6, 6.07) is 11.8. The highest BCUT2D eigenvalue weighted by Gasteiger charge is 2.19. The quantitative estimate of drug-likeness (QED) is 0.568. The minimum Gasteiger partial charge on any atom is -0.493 e. The van der Waals surface area contributed by atoms with Gasteiger partial charge in [-0.25, -0.2) is 4.79 Å². The Hall–Kier alpha value is -2.34. The number of Topliss-reactive ketones (excluding diaryl/α,β-unsaturated/α-hetero) is 1. The van der Waals surface area contributed by atoms with E-state index in [0.29, 0.717) is 15.8 Å². The van der Waals surface area contributed by atoms with Crippen LogP contribution in [0.15, 0.2) is 46.9 Å². The Kier molecular flexibility index (Phi) is 5.76. The van der Waals surface area contributed by atoms with Crippen molar-refractivity contribution >= 4 is 27.7 Å². The molecule has 0 amide bonds. The molecule has 0 unspecified atom stereocenters. The Labute approximate surface area is 142 Å². The summed E-state index contributed by atoms with van der Waals surface area (Å²) in [5, 5.41) is 0. The molecule has 0 aliphatic carbocycles. The molecule has 5 nitrogen and oxygen atoms in total. The van der Waals surface area contributed by atoms with Crippen LogP contribution in [0.5, 0.6) is 11.5 Å². The molecule has 0 aromatic heterocycles. The Bertz CT molecular complexity index is 727. The number of methoxy groups -OCH3 is 2. The van der Waals surface area contributed by atoms with E-state index in [1.807, 2.05) is 0 Å². The minimum atomic E-state index is -0.652. The molecular weight excluding hydrogens is 364 g/mol. The lowest BCUT2D eigenvalue weighted by Crippen LogP contribution is -2.15. The molecule has 2 aromatic carbocycles. The summed E-state index contributed by atoms with van der Waals surface area (Å²) in [7, 11) is 2.91. The standard InChI is InChI=1S/C17H15BrO5/c1-21-15-9-5-7-12(16(15)22-2)17(20)23-10-14(19)11-6-3-4-8-13(11)18/h3-9H,10H2,1-2H3. The van der Waals surface area contributed by atoms with Gasteiger partial charge < -0.3 is 14.2 Å². The van der Waals surface area contributed by atoms with Gasteiger partial charge in [-0.15, -0.1) is 0 Å². The van der Waals surface area contributed by atoms with E-state index in [1.54, 1.807) is 42.5 Å². The molecule has 0 spiro atoms. The van der Waals surface area contributed by atoms with Crippen molar-refractivity contribution in [1.29, 1.82) is 0 Å². The molecule has 6 heteroatoms. The van der Waals surface area contributed by atoms with Gasteiger partial charge in [0.25, 0.3) is 0 Å². The van der Waals surface area contributed by atoms with Crippen LogP contribution in [0.25, 0.3) is 0 Å². The van der Waals surface area contributed by atoms with Crippen LogP contribution in [0.2, 0.25) is 0 Å². The number of ether oxygens (including phenoxy) is 3. The van der Waals surface area contributed by atoms with Crippen molar-refractivity contribution in [2.75, 3.05) is 20.8 Å². The van der Waals surface area contributed by atoms with Gasteiger partial charge >= 0.3 is 5.97 Å². The molecule has 0 bridgehead atoms. The van der Waals surface area contributed by atoms with Crippen LogP contribution in [-0.4, -0.2) is 32.6 Å². The lowest BCUT2D eigenvalue weighted by atomic mass is 10.1. The van der Waals surface area contributed by atoms with Crippen LogP contribution in [0, 0.1) is 0 Å². The second-order valence-electron chi connectivity index (χ2n) is 4.52. The summed E-state index contributed by atoms with van der Waals surface area (Å²) in [5.74, 6) is -0.263. The molecule has 0 fully saturated rings. The van der Waals surface area contributed by atoms with E-state index in [0.717, 1.165) is 0 Å². The van der Waals surface area contributed by atoms with Gasteiger partial charge in [0.1, 0.15) is 5.56 Å². The van der Waals surface area contributed by atoms with Crippen LogP contribution < -0.4 is 9.47 Å². The zero-order valence-electron chi connectivity index (χ0n) is 12.7. The Morgan fingerprint density at radius 2 is 1.65 bits per heavy atom. The van der Waals surface area contributed by atoms with Crippen molar-refractivity contribution in [1.82, 2.24) is 0 Å². The number of para-hydroxylation sites is 1. The van der Waals surface area contributed by atoms with Crippen LogP contribution in [-0.2, 0) is 4.74 Å². The third-order valence-electron chi connectivity index (χ3n) is 3.13. The van der Waals surface area contributed by atoms with Crippen molar-refractivity contribution < 1.29 is 23.8 Å². The molecule has 0 saturated carbocycles. The summed E-state index contributed by atoms with van der Waals surface area (Å²) in [5.41, 5.74) is 0.657. The predicted octanol–water partition coefficient (Wildman–Crippen LogP) is 3.51. The lowest BCUT2D eigenvalue weighted by Gasteiger charge is -2.12. The van der Waals surface area contributed by atoms with Gasteiger partial charge in [-0.2, -0.15) is 0 Å². The SMILES string of the molecule is COc1cccc(C(=O)OCC(=O)c2ccccc2Br)c1OC. The van der Waals surface area contributed by atoms with Crippen molar-refractivity contribution in [3.05, 3.63) is 58.1 Å². The predicted molar refractivity (Wildman–Crippen MR) is 88.3 cm³/mol. The maximum absolute atomic E-state index is 12.2. The Morgan fingerprint density at radius 1 is 0.957 bits per heavy atom. The zero-order chi connectivity index (χ0) is 16.8. The molecule has 2 rings (SSSR count). The maximum Gasteiger partial charge on any atom is 0.342 e.